The minimum Gasteiger partial charge on any atom is -0.493 e. The van der Waals surface area contributed by atoms with Gasteiger partial charge in [0.25, 0.3) is 0 Å². The minimum atomic E-state index is -0.536. The number of rotatable bonds is 7. The van der Waals surface area contributed by atoms with Crippen LogP contribution in [0.1, 0.15) is 21.5 Å². The number of aliphatic imine (C=N–C) groups is 1. The van der Waals surface area contributed by atoms with Crippen LogP contribution in [0.5, 0.6) is 5.75 Å². The molecule has 0 saturated carbocycles. The molecule has 0 aromatic heterocycles. The van der Waals surface area contributed by atoms with E-state index in [2.05, 4.69) is 4.99 Å². The van der Waals surface area contributed by atoms with E-state index < -0.39 is 5.82 Å². The average Bonchev–Trinajstić information content (AvgIpc) is 2.74. The van der Waals surface area contributed by atoms with Gasteiger partial charge in [-0.15, -0.1) is 0 Å². The highest BCUT2D eigenvalue weighted by atomic mass is 19.1. The summed E-state index contributed by atoms with van der Waals surface area (Å²) >= 11 is 0. The van der Waals surface area contributed by atoms with Gasteiger partial charge in [0.05, 0.1) is 12.3 Å². The Morgan fingerprint density at radius 2 is 1.82 bits per heavy atom. The number of hydroxylamine groups is 1. The van der Waals surface area contributed by atoms with E-state index >= 15 is 0 Å². The standard InChI is InChI=1S/C22H19FN2O3/c23-18-7-6-17(15-26)21(14-18)22(25-27)24-19-8-10-20(11-9-19)28-13-12-16-4-2-1-3-5-16/h1-11,14-15,27H,12-13H2,(H,24,25). The van der Waals surface area contributed by atoms with Gasteiger partial charge in [-0.25, -0.2) is 9.38 Å². The SMILES string of the molecule is O=Cc1ccc(F)cc1C(=Nc1ccc(OCCc2ccccc2)cc1)NO. The molecule has 0 aliphatic heterocycles. The topological polar surface area (TPSA) is 70.9 Å². The maximum Gasteiger partial charge on any atom is 0.158 e. The highest BCUT2D eigenvalue weighted by Crippen LogP contribution is 2.20. The Morgan fingerprint density at radius 3 is 2.50 bits per heavy atom. The minimum absolute atomic E-state index is 0.0284. The fourth-order valence-electron chi connectivity index (χ4n) is 2.66. The second kappa shape index (κ2) is 9.43. The van der Waals surface area contributed by atoms with Gasteiger partial charge >= 0.3 is 0 Å². The van der Waals surface area contributed by atoms with Crippen LogP contribution in [0.2, 0.25) is 0 Å². The van der Waals surface area contributed by atoms with Crippen molar-refractivity contribution in [2.45, 2.75) is 6.42 Å². The molecule has 142 valence electrons. The summed E-state index contributed by atoms with van der Waals surface area (Å²) in [5.41, 5.74) is 4.01. The molecule has 0 amide bonds. The number of ether oxygens (including phenoxy) is 1. The lowest BCUT2D eigenvalue weighted by molar-refractivity contribution is 0.112. The summed E-state index contributed by atoms with van der Waals surface area (Å²) in [6.45, 7) is 0.544. The Morgan fingerprint density at radius 1 is 1.07 bits per heavy atom. The van der Waals surface area contributed by atoms with Crippen LogP contribution in [0.4, 0.5) is 10.1 Å². The second-order valence-corrected chi connectivity index (χ2v) is 6.00. The molecule has 3 rings (SSSR count). The van der Waals surface area contributed by atoms with Gasteiger partial charge < -0.3 is 4.74 Å². The number of hydrogen-bond donors (Lipinski definition) is 2. The predicted molar refractivity (Wildman–Crippen MR) is 105 cm³/mol. The molecule has 0 unspecified atom stereocenters. The lowest BCUT2D eigenvalue weighted by atomic mass is 10.1. The number of nitrogens with zero attached hydrogens (tertiary/aromatic N) is 1. The quantitative estimate of drug-likeness (QED) is 0.278. The number of amidine groups is 1. The van der Waals surface area contributed by atoms with E-state index in [1.807, 2.05) is 35.8 Å². The molecule has 0 radical (unpaired) electrons. The van der Waals surface area contributed by atoms with E-state index in [0.717, 1.165) is 12.5 Å². The zero-order chi connectivity index (χ0) is 19.8. The number of nitrogens with one attached hydrogen (secondary N) is 1. The van der Waals surface area contributed by atoms with Gasteiger partial charge in [-0.1, -0.05) is 30.3 Å². The van der Waals surface area contributed by atoms with E-state index in [1.54, 1.807) is 24.3 Å². The van der Waals surface area contributed by atoms with Crippen LogP contribution in [-0.2, 0) is 6.42 Å². The number of aldehydes is 1. The second-order valence-electron chi connectivity index (χ2n) is 6.00. The Hall–Kier alpha value is -3.51. The highest BCUT2D eigenvalue weighted by molar-refractivity contribution is 6.05. The largest absolute Gasteiger partial charge is 0.493 e. The molecule has 0 heterocycles. The Labute approximate surface area is 162 Å². The third-order valence-corrected chi connectivity index (χ3v) is 4.08. The van der Waals surface area contributed by atoms with E-state index in [1.165, 1.54) is 17.7 Å². The van der Waals surface area contributed by atoms with Crippen LogP contribution < -0.4 is 10.2 Å². The zero-order valence-corrected chi connectivity index (χ0v) is 15.0. The Bertz CT molecular complexity index is 957. The zero-order valence-electron chi connectivity index (χ0n) is 15.0. The van der Waals surface area contributed by atoms with Gasteiger partial charge in [-0.05, 0) is 48.0 Å². The molecule has 2 N–H and O–H groups in total. The van der Waals surface area contributed by atoms with Crippen LogP contribution in [0.25, 0.3) is 0 Å². The first kappa shape index (κ1) is 19.3. The summed E-state index contributed by atoms with van der Waals surface area (Å²) in [6.07, 6.45) is 1.37. The molecule has 0 aliphatic carbocycles. The van der Waals surface area contributed by atoms with Crippen molar-refractivity contribution in [2.24, 2.45) is 4.99 Å². The van der Waals surface area contributed by atoms with Crippen molar-refractivity contribution >= 4 is 17.8 Å². The van der Waals surface area contributed by atoms with Crippen LogP contribution in [0.3, 0.4) is 0 Å². The Kier molecular flexibility index (Phi) is 6.49. The van der Waals surface area contributed by atoms with Gasteiger partial charge in [0.1, 0.15) is 11.6 Å². The molecule has 6 heteroatoms. The summed E-state index contributed by atoms with van der Waals surface area (Å²) in [6, 6.07) is 20.6. The number of hydrogen-bond acceptors (Lipinski definition) is 4. The van der Waals surface area contributed by atoms with Crippen molar-refractivity contribution in [2.75, 3.05) is 6.61 Å². The van der Waals surface area contributed by atoms with Gasteiger partial charge in [0.2, 0.25) is 0 Å². The first-order chi connectivity index (χ1) is 13.7. The normalized spacial score (nSPS) is 11.1. The molecule has 0 aliphatic rings. The molecule has 0 fully saturated rings. The summed E-state index contributed by atoms with van der Waals surface area (Å²) in [4.78, 5) is 15.4. The molecular formula is C22H19FN2O3. The van der Waals surface area contributed by atoms with E-state index in [9.17, 15) is 14.4 Å². The summed E-state index contributed by atoms with van der Waals surface area (Å²) in [5, 5.41) is 9.39. The lowest BCUT2D eigenvalue weighted by Crippen LogP contribution is -2.21. The van der Waals surface area contributed by atoms with Crippen molar-refractivity contribution < 1.29 is 19.1 Å². The van der Waals surface area contributed by atoms with Gasteiger partial charge in [0, 0.05) is 17.5 Å². The van der Waals surface area contributed by atoms with Crippen molar-refractivity contribution in [3.63, 3.8) is 0 Å². The Balaban J connectivity index is 1.70. The number of halogens is 1. The smallest absolute Gasteiger partial charge is 0.158 e. The van der Waals surface area contributed by atoms with Gasteiger partial charge in [0.15, 0.2) is 12.1 Å². The molecular weight excluding hydrogens is 359 g/mol. The third kappa shape index (κ3) is 5.02. The third-order valence-electron chi connectivity index (χ3n) is 4.08. The van der Waals surface area contributed by atoms with Gasteiger partial charge in [-0.3, -0.25) is 15.5 Å². The number of benzene rings is 3. The van der Waals surface area contributed by atoms with Crippen LogP contribution in [0.15, 0.2) is 77.8 Å². The molecule has 5 nitrogen and oxygen atoms in total. The molecule has 3 aromatic rings. The monoisotopic (exact) mass is 378 g/mol. The summed E-state index contributed by atoms with van der Waals surface area (Å²) in [7, 11) is 0. The summed E-state index contributed by atoms with van der Waals surface area (Å²) in [5.74, 6) is 0.123. The van der Waals surface area contributed by atoms with Crippen LogP contribution >= 0.6 is 0 Å². The number of carbonyl (C=O) groups excluding carboxylic acids is 1. The maximum atomic E-state index is 13.5. The van der Waals surface area contributed by atoms with Crippen LogP contribution in [-0.4, -0.2) is 23.9 Å². The fourth-order valence-corrected chi connectivity index (χ4v) is 2.66. The van der Waals surface area contributed by atoms with Gasteiger partial charge in [-0.2, -0.15) is 0 Å². The number of carbonyl (C=O) groups is 1. The van der Waals surface area contributed by atoms with Crippen LogP contribution in [0, 0.1) is 5.82 Å². The highest BCUT2D eigenvalue weighted by Gasteiger charge is 2.10. The maximum absolute atomic E-state index is 13.5. The molecule has 28 heavy (non-hydrogen) atoms. The molecule has 0 saturated heterocycles. The molecule has 0 spiro atoms. The van der Waals surface area contributed by atoms with E-state index in [-0.39, 0.29) is 17.0 Å². The average molecular weight is 378 g/mol. The molecule has 0 bridgehead atoms. The first-order valence-electron chi connectivity index (χ1n) is 8.70. The van der Waals surface area contributed by atoms with Crippen molar-refractivity contribution in [3.05, 3.63) is 95.3 Å². The molecule has 0 atom stereocenters. The first-order valence-corrected chi connectivity index (χ1v) is 8.70. The predicted octanol–water partition coefficient (Wildman–Crippen LogP) is 4.32. The fraction of sp³-hybridized carbons (Fsp3) is 0.0909. The lowest BCUT2D eigenvalue weighted by Gasteiger charge is -2.09. The van der Waals surface area contributed by atoms with Crippen molar-refractivity contribution in [1.82, 2.24) is 5.48 Å². The van der Waals surface area contributed by atoms with E-state index in [4.69, 9.17) is 4.74 Å². The van der Waals surface area contributed by atoms with Crippen molar-refractivity contribution in [3.8, 4) is 5.75 Å². The summed E-state index contributed by atoms with van der Waals surface area (Å²) < 4.78 is 19.2. The van der Waals surface area contributed by atoms with E-state index in [0.29, 0.717) is 24.3 Å². The van der Waals surface area contributed by atoms with Crippen molar-refractivity contribution in [1.29, 1.82) is 0 Å². The molecule has 3 aromatic carbocycles.